The number of allylic oxidation sites excluding steroid dienone is 3. The molecule has 0 radical (unpaired) electrons. The van der Waals surface area contributed by atoms with Gasteiger partial charge < -0.3 is 9.47 Å². The molecule has 2 aliphatic heterocycles. The Bertz CT molecular complexity index is 556. The fraction of sp³-hybridized carbons (Fsp3) is 0.250. The summed E-state index contributed by atoms with van der Waals surface area (Å²) in [4.78, 5) is 23.9. The van der Waals surface area contributed by atoms with Gasteiger partial charge in [0.2, 0.25) is 0 Å². The molecule has 1 aromatic carbocycles. The smallest absolute Gasteiger partial charge is 0.338 e. The highest BCUT2D eigenvalue weighted by Crippen LogP contribution is 2.30. The van der Waals surface area contributed by atoms with Crippen molar-refractivity contribution >= 4 is 11.9 Å². The van der Waals surface area contributed by atoms with Crippen LogP contribution < -0.4 is 0 Å². The van der Waals surface area contributed by atoms with Gasteiger partial charge in [-0.05, 0) is 30.7 Å². The maximum Gasteiger partial charge on any atom is 0.338 e. The van der Waals surface area contributed by atoms with Crippen molar-refractivity contribution in [3.8, 4) is 0 Å². The molecule has 1 aliphatic carbocycles. The van der Waals surface area contributed by atoms with E-state index in [4.69, 9.17) is 9.47 Å². The van der Waals surface area contributed by atoms with Gasteiger partial charge in [-0.3, -0.25) is 0 Å². The van der Waals surface area contributed by atoms with Crippen LogP contribution in [0.1, 0.15) is 27.1 Å². The molecule has 0 unspecified atom stereocenters. The van der Waals surface area contributed by atoms with Crippen LogP contribution in [0.25, 0.3) is 0 Å². The number of carbonyl (C=O) groups is 2. The van der Waals surface area contributed by atoms with Crippen molar-refractivity contribution in [3.05, 3.63) is 59.7 Å². The Hall–Kier alpha value is -2.36. The van der Waals surface area contributed by atoms with Gasteiger partial charge in [-0.2, -0.15) is 0 Å². The lowest BCUT2D eigenvalue weighted by Crippen LogP contribution is -2.32. The molecule has 0 aromatic heterocycles. The molecule has 3 aliphatic rings. The average Bonchev–Trinajstić information content (AvgIpc) is 2.54. The van der Waals surface area contributed by atoms with Gasteiger partial charge in [0.05, 0.1) is 16.5 Å². The van der Waals surface area contributed by atoms with E-state index in [0.717, 1.165) is 0 Å². The van der Waals surface area contributed by atoms with Crippen molar-refractivity contribution < 1.29 is 19.1 Å². The second kappa shape index (κ2) is 4.96. The number of fused-ring (bicyclic) bond motifs is 6. The first-order chi connectivity index (χ1) is 9.69. The van der Waals surface area contributed by atoms with E-state index < -0.39 is 5.41 Å². The largest absolute Gasteiger partial charge is 0.461 e. The molecule has 1 spiro atoms. The summed E-state index contributed by atoms with van der Waals surface area (Å²) in [5.41, 5.74) is 0.410. The summed E-state index contributed by atoms with van der Waals surface area (Å²) in [5, 5.41) is 0. The number of esters is 2. The van der Waals surface area contributed by atoms with Gasteiger partial charge >= 0.3 is 11.9 Å². The van der Waals surface area contributed by atoms with E-state index in [1.54, 1.807) is 24.3 Å². The topological polar surface area (TPSA) is 52.6 Å². The number of carbonyl (C=O) groups excluding carboxylic acids is 2. The molecule has 0 N–H and O–H groups in total. The fourth-order valence-electron chi connectivity index (χ4n) is 2.29. The Balaban J connectivity index is 1.92. The zero-order chi connectivity index (χ0) is 14.0. The molecule has 0 atom stereocenters. The summed E-state index contributed by atoms with van der Waals surface area (Å²) >= 11 is 0. The van der Waals surface area contributed by atoms with Crippen LogP contribution in [-0.4, -0.2) is 25.2 Å². The minimum absolute atomic E-state index is 0.195. The number of benzene rings is 1. The van der Waals surface area contributed by atoms with Crippen LogP contribution in [0.4, 0.5) is 0 Å². The summed E-state index contributed by atoms with van der Waals surface area (Å²) < 4.78 is 10.7. The quantitative estimate of drug-likeness (QED) is 0.680. The van der Waals surface area contributed by atoms with Crippen LogP contribution in [0.2, 0.25) is 0 Å². The number of ether oxygens (including phenoxy) is 2. The second-order valence-electron chi connectivity index (χ2n) is 5.08. The summed E-state index contributed by atoms with van der Waals surface area (Å²) in [6, 6.07) is 6.31. The van der Waals surface area contributed by atoms with Crippen LogP contribution in [0.3, 0.4) is 0 Å². The lowest BCUT2D eigenvalue weighted by Gasteiger charge is -2.29. The van der Waals surface area contributed by atoms with Crippen molar-refractivity contribution in [2.24, 2.45) is 5.41 Å². The van der Waals surface area contributed by atoms with Crippen molar-refractivity contribution in [1.82, 2.24) is 0 Å². The van der Waals surface area contributed by atoms with Crippen LogP contribution in [0.15, 0.2) is 48.6 Å². The van der Waals surface area contributed by atoms with E-state index in [9.17, 15) is 9.59 Å². The van der Waals surface area contributed by atoms with Gasteiger partial charge in [0.15, 0.2) is 0 Å². The third kappa shape index (κ3) is 2.37. The van der Waals surface area contributed by atoms with Gasteiger partial charge in [-0.25, -0.2) is 9.59 Å². The average molecular weight is 270 g/mol. The van der Waals surface area contributed by atoms with Crippen molar-refractivity contribution in [3.63, 3.8) is 0 Å². The first kappa shape index (κ1) is 12.7. The predicted octanol–water partition coefficient (Wildman–Crippen LogP) is 2.52. The Morgan fingerprint density at radius 1 is 0.850 bits per heavy atom. The van der Waals surface area contributed by atoms with Gasteiger partial charge in [0.1, 0.15) is 13.2 Å². The van der Waals surface area contributed by atoms with E-state index in [2.05, 4.69) is 0 Å². The number of rotatable bonds is 0. The fourth-order valence-corrected chi connectivity index (χ4v) is 2.29. The van der Waals surface area contributed by atoms with Crippen LogP contribution in [-0.2, 0) is 9.47 Å². The Morgan fingerprint density at radius 2 is 1.40 bits per heavy atom. The monoisotopic (exact) mass is 270 g/mol. The zero-order valence-corrected chi connectivity index (χ0v) is 10.9. The molecule has 1 aromatic rings. The molecule has 2 heterocycles. The molecular formula is C16H14O4. The minimum atomic E-state index is -0.467. The second-order valence-corrected chi connectivity index (χ2v) is 5.08. The highest BCUT2D eigenvalue weighted by Gasteiger charge is 2.32. The van der Waals surface area contributed by atoms with Gasteiger partial charge in [0.25, 0.3) is 0 Å². The zero-order valence-electron chi connectivity index (χ0n) is 10.9. The molecule has 0 fully saturated rings. The summed E-state index contributed by atoms with van der Waals surface area (Å²) in [7, 11) is 0. The SMILES string of the molecule is O=C1OCC2(C=CC=CC2)COC(=O)c2ccc1cc2. The first-order valence-corrected chi connectivity index (χ1v) is 6.47. The molecular weight excluding hydrogens is 256 g/mol. The summed E-state index contributed by atoms with van der Waals surface area (Å²) in [6.07, 6.45) is 8.40. The maximum absolute atomic E-state index is 12.0. The van der Waals surface area contributed by atoms with Gasteiger partial charge in [-0.15, -0.1) is 0 Å². The Kier molecular flexibility index (Phi) is 3.14. The van der Waals surface area contributed by atoms with Crippen molar-refractivity contribution in [1.29, 1.82) is 0 Å². The van der Waals surface area contributed by atoms with E-state index in [-0.39, 0.29) is 25.2 Å². The third-order valence-electron chi connectivity index (χ3n) is 3.56. The molecule has 0 amide bonds. The molecule has 4 rings (SSSR count). The molecule has 102 valence electrons. The summed E-state index contributed by atoms with van der Waals surface area (Å²) in [5.74, 6) is -0.763. The molecule has 4 nitrogen and oxygen atoms in total. The standard InChI is InChI=1S/C16H14O4/c17-14-12-4-5-13(7-6-12)15(18)20-11-16(10-19-14)8-2-1-3-9-16/h1-8H,9-11H2. The maximum atomic E-state index is 12.0. The highest BCUT2D eigenvalue weighted by molar-refractivity contribution is 5.93. The number of hydrogen-bond donors (Lipinski definition) is 0. The van der Waals surface area contributed by atoms with Crippen LogP contribution in [0.5, 0.6) is 0 Å². The molecule has 0 saturated heterocycles. The molecule has 2 bridgehead atoms. The molecule has 0 saturated carbocycles. The lowest BCUT2D eigenvalue weighted by atomic mass is 9.83. The van der Waals surface area contributed by atoms with E-state index >= 15 is 0 Å². The normalized spacial score (nSPS) is 20.4. The highest BCUT2D eigenvalue weighted by atomic mass is 16.5. The van der Waals surface area contributed by atoms with E-state index in [0.29, 0.717) is 17.5 Å². The minimum Gasteiger partial charge on any atom is -0.461 e. The van der Waals surface area contributed by atoms with E-state index in [1.165, 1.54) is 0 Å². The van der Waals surface area contributed by atoms with Crippen LogP contribution >= 0.6 is 0 Å². The number of hydrogen-bond acceptors (Lipinski definition) is 4. The molecule has 20 heavy (non-hydrogen) atoms. The van der Waals surface area contributed by atoms with Crippen LogP contribution in [0, 0.1) is 5.41 Å². The lowest BCUT2D eigenvalue weighted by molar-refractivity contribution is 0.0103. The first-order valence-electron chi connectivity index (χ1n) is 6.47. The predicted molar refractivity (Wildman–Crippen MR) is 72.3 cm³/mol. The Morgan fingerprint density at radius 3 is 1.85 bits per heavy atom. The van der Waals surface area contributed by atoms with Gasteiger partial charge in [-0.1, -0.05) is 24.3 Å². The third-order valence-corrected chi connectivity index (χ3v) is 3.56. The van der Waals surface area contributed by atoms with Crippen molar-refractivity contribution in [2.75, 3.05) is 13.2 Å². The van der Waals surface area contributed by atoms with Crippen molar-refractivity contribution in [2.45, 2.75) is 6.42 Å². The van der Waals surface area contributed by atoms with Gasteiger partial charge in [0, 0.05) is 0 Å². The summed E-state index contributed by atoms with van der Waals surface area (Å²) in [6.45, 7) is 0.390. The molecule has 4 heteroatoms. The Labute approximate surface area is 116 Å². The van der Waals surface area contributed by atoms with E-state index in [1.807, 2.05) is 24.3 Å².